The number of Topliss-reactive ketones (excluding diaryl/α,β-unsaturated/α-hetero) is 1. The van der Waals surface area contributed by atoms with E-state index in [4.69, 9.17) is 4.98 Å². The van der Waals surface area contributed by atoms with E-state index >= 15 is 0 Å². The topological polar surface area (TPSA) is 57.0 Å². The number of aromatic nitrogens is 1. The lowest BCUT2D eigenvalue weighted by Gasteiger charge is -2.27. The minimum Gasteiger partial charge on any atom is -0.302 e. The Labute approximate surface area is 186 Å². The molecule has 0 radical (unpaired) electrons. The van der Waals surface area contributed by atoms with Gasteiger partial charge in [-0.15, -0.1) is 0 Å². The summed E-state index contributed by atoms with van der Waals surface area (Å²) in [6, 6.07) is 11.8. The highest BCUT2D eigenvalue weighted by Crippen LogP contribution is 2.38. The first-order valence-electron chi connectivity index (χ1n) is 9.15. The van der Waals surface area contributed by atoms with Gasteiger partial charge in [-0.3, -0.25) is 4.79 Å². The Bertz CT molecular complexity index is 1090. The van der Waals surface area contributed by atoms with E-state index in [1.807, 2.05) is 29.6 Å². The van der Waals surface area contributed by atoms with Crippen molar-refractivity contribution in [2.75, 3.05) is 19.3 Å². The maximum Gasteiger partial charge on any atom is 0.173 e. The number of thioether (sulfide) groups is 1. The van der Waals surface area contributed by atoms with Gasteiger partial charge in [0.25, 0.3) is 0 Å². The van der Waals surface area contributed by atoms with Crippen LogP contribution in [0.1, 0.15) is 27.2 Å². The molecule has 0 saturated carbocycles. The molecule has 29 heavy (non-hydrogen) atoms. The molecule has 1 aliphatic rings. The van der Waals surface area contributed by atoms with Crippen molar-refractivity contribution >= 4 is 44.8 Å². The zero-order chi connectivity index (χ0) is 20.4. The molecule has 3 heterocycles. The van der Waals surface area contributed by atoms with E-state index in [1.165, 1.54) is 11.8 Å². The van der Waals surface area contributed by atoms with Crippen molar-refractivity contribution in [2.45, 2.75) is 18.0 Å². The van der Waals surface area contributed by atoms with E-state index in [-0.39, 0.29) is 11.5 Å². The van der Waals surface area contributed by atoms with E-state index in [2.05, 4.69) is 45.4 Å². The van der Waals surface area contributed by atoms with Crippen LogP contribution in [0.15, 0.2) is 50.6 Å². The molecular formula is C22H18BrN3OS2. The van der Waals surface area contributed by atoms with Gasteiger partial charge in [-0.2, -0.15) is 16.6 Å². The van der Waals surface area contributed by atoms with Crippen molar-refractivity contribution in [1.82, 2.24) is 9.88 Å². The van der Waals surface area contributed by atoms with Crippen LogP contribution < -0.4 is 0 Å². The van der Waals surface area contributed by atoms with Gasteiger partial charge in [0.2, 0.25) is 0 Å². The number of likely N-dealkylation sites (N-methyl/N-ethyl adjacent to an activating group) is 1. The second-order valence-corrected chi connectivity index (χ2v) is 9.58. The summed E-state index contributed by atoms with van der Waals surface area (Å²) < 4.78 is 0.940. The fourth-order valence-corrected chi connectivity index (χ4v) is 5.27. The second-order valence-electron chi connectivity index (χ2n) is 6.92. The first-order chi connectivity index (χ1) is 14.1. The lowest BCUT2D eigenvalue weighted by Crippen LogP contribution is -2.28. The normalized spacial score (nSPS) is 13.7. The highest BCUT2D eigenvalue weighted by Gasteiger charge is 2.25. The summed E-state index contributed by atoms with van der Waals surface area (Å²) in [4.78, 5) is 19.7. The third-order valence-electron chi connectivity index (χ3n) is 4.94. The number of fused-ring (bicyclic) bond motifs is 1. The molecule has 0 saturated heterocycles. The summed E-state index contributed by atoms with van der Waals surface area (Å²) in [5, 5.41) is 14.7. The maximum atomic E-state index is 12.6. The van der Waals surface area contributed by atoms with Crippen molar-refractivity contribution in [2.24, 2.45) is 0 Å². The first-order valence-corrected chi connectivity index (χ1v) is 11.9. The molecule has 4 nitrogen and oxygen atoms in total. The van der Waals surface area contributed by atoms with Crippen LogP contribution in [0.5, 0.6) is 0 Å². The summed E-state index contributed by atoms with van der Waals surface area (Å²) in [5.74, 6) is 0.285. The Morgan fingerprint density at radius 3 is 2.83 bits per heavy atom. The molecular weight excluding hydrogens is 466 g/mol. The number of thiophene rings is 1. The van der Waals surface area contributed by atoms with Gasteiger partial charge in [0.15, 0.2) is 5.78 Å². The molecule has 2 aromatic heterocycles. The zero-order valence-electron chi connectivity index (χ0n) is 15.8. The second kappa shape index (κ2) is 8.80. The Balaban J connectivity index is 1.70. The molecule has 0 amide bonds. The highest BCUT2D eigenvalue weighted by molar-refractivity contribution is 9.10. The number of benzene rings is 1. The summed E-state index contributed by atoms with van der Waals surface area (Å²) >= 11 is 6.37. The number of hydrogen-bond acceptors (Lipinski definition) is 6. The van der Waals surface area contributed by atoms with Gasteiger partial charge in [0, 0.05) is 40.8 Å². The van der Waals surface area contributed by atoms with E-state index in [0.29, 0.717) is 16.2 Å². The van der Waals surface area contributed by atoms with Gasteiger partial charge in [-0.25, -0.2) is 4.98 Å². The quantitative estimate of drug-likeness (QED) is 0.358. The largest absolute Gasteiger partial charge is 0.302 e. The lowest BCUT2D eigenvalue weighted by molar-refractivity contribution is 0.102. The first kappa shape index (κ1) is 20.3. The number of carbonyl (C=O) groups is 1. The van der Waals surface area contributed by atoms with Crippen molar-refractivity contribution in [1.29, 1.82) is 5.26 Å². The Morgan fingerprint density at radius 1 is 1.34 bits per heavy atom. The average molecular weight is 484 g/mol. The fraction of sp³-hybridized carbons (Fsp3) is 0.227. The molecule has 0 N–H and O–H groups in total. The number of halogens is 1. The van der Waals surface area contributed by atoms with Crippen molar-refractivity contribution < 1.29 is 4.79 Å². The maximum absolute atomic E-state index is 12.6. The minimum absolute atomic E-state index is 0.0303. The van der Waals surface area contributed by atoms with Crippen LogP contribution in [0, 0.1) is 11.3 Å². The molecule has 1 aromatic carbocycles. The van der Waals surface area contributed by atoms with Crippen LogP contribution in [0.3, 0.4) is 0 Å². The van der Waals surface area contributed by atoms with Crippen LogP contribution in [0.4, 0.5) is 0 Å². The SMILES string of the molecule is CN1CCc2nc(SCC(=O)c3ccc(Br)cc3)c(C#N)c(-c3ccsc3)c2C1. The van der Waals surface area contributed by atoms with E-state index in [0.717, 1.165) is 46.4 Å². The van der Waals surface area contributed by atoms with Crippen molar-refractivity contribution in [3.8, 4) is 17.2 Å². The molecule has 0 spiro atoms. The number of pyridine rings is 1. The molecule has 0 bridgehead atoms. The monoisotopic (exact) mass is 483 g/mol. The van der Waals surface area contributed by atoms with Gasteiger partial charge in [-0.1, -0.05) is 39.8 Å². The zero-order valence-corrected chi connectivity index (χ0v) is 19.0. The van der Waals surface area contributed by atoms with Crippen LogP contribution >= 0.6 is 39.0 Å². The number of rotatable bonds is 5. The molecule has 3 aromatic rings. The molecule has 146 valence electrons. The Morgan fingerprint density at radius 2 is 2.14 bits per heavy atom. The predicted octanol–water partition coefficient (Wildman–Crippen LogP) is 5.41. The van der Waals surface area contributed by atoms with Gasteiger partial charge >= 0.3 is 0 Å². The van der Waals surface area contributed by atoms with Crippen LogP contribution in [0.25, 0.3) is 11.1 Å². The van der Waals surface area contributed by atoms with E-state index in [9.17, 15) is 10.1 Å². The highest BCUT2D eigenvalue weighted by atomic mass is 79.9. The smallest absolute Gasteiger partial charge is 0.173 e. The summed E-state index contributed by atoms with van der Waals surface area (Å²) in [6.45, 7) is 1.72. The molecule has 0 fully saturated rings. The van der Waals surface area contributed by atoms with Gasteiger partial charge in [0.05, 0.1) is 11.3 Å². The molecule has 0 unspecified atom stereocenters. The molecule has 0 atom stereocenters. The number of hydrogen-bond donors (Lipinski definition) is 0. The third-order valence-corrected chi connectivity index (χ3v) is 7.12. The van der Waals surface area contributed by atoms with Crippen molar-refractivity contribution in [3.05, 3.63) is 67.9 Å². The molecule has 1 aliphatic heterocycles. The molecule has 0 aliphatic carbocycles. The molecule has 7 heteroatoms. The summed E-state index contributed by atoms with van der Waals surface area (Å²) in [6.07, 6.45) is 0.850. The van der Waals surface area contributed by atoms with E-state index < -0.39 is 0 Å². The average Bonchev–Trinajstić information content (AvgIpc) is 3.25. The predicted molar refractivity (Wildman–Crippen MR) is 121 cm³/mol. The summed E-state index contributed by atoms with van der Waals surface area (Å²) in [7, 11) is 2.09. The van der Waals surface area contributed by atoms with Gasteiger partial charge in [-0.05, 0) is 47.1 Å². The van der Waals surface area contributed by atoms with E-state index in [1.54, 1.807) is 11.3 Å². The molecule has 4 rings (SSSR count). The van der Waals surface area contributed by atoms with Crippen LogP contribution in [0.2, 0.25) is 0 Å². The third kappa shape index (κ3) is 4.31. The Kier molecular flexibility index (Phi) is 6.16. The van der Waals surface area contributed by atoms with Crippen molar-refractivity contribution in [3.63, 3.8) is 0 Å². The van der Waals surface area contributed by atoms with Crippen LogP contribution in [-0.4, -0.2) is 35.0 Å². The van der Waals surface area contributed by atoms with Gasteiger partial charge < -0.3 is 4.90 Å². The van der Waals surface area contributed by atoms with Gasteiger partial charge in [0.1, 0.15) is 11.1 Å². The number of ketones is 1. The Hall–Kier alpha value is -1.98. The minimum atomic E-state index is 0.0303. The summed E-state index contributed by atoms with van der Waals surface area (Å²) in [5.41, 5.74) is 5.45. The number of carbonyl (C=O) groups excluding carboxylic acids is 1. The van der Waals surface area contributed by atoms with Crippen LogP contribution in [-0.2, 0) is 13.0 Å². The fourth-order valence-electron chi connectivity index (χ4n) is 3.46. The lowest BCUT2D eigenvalue weighted by atomic mass is 9.93. The number of nitriles is 1. The number of nitrogens with zero attached hydrogens (tertiary/aromatic N) is 3. The standard InChI is InChI=1S/C22H18BrN3OS2/c1-26-8-6-19-18(11-26)21(15-7-9-28-12-15)17(10-24)22(25-19)29-13-20(27)14-2-4-16(23)5-3-14/h2-5,7,9,12H,6,8,11,13H2,1H3.